The zero-order chi connectivity index (χ0) is 12.1. The monoisotopic (exact) mass is 259 g/mol. The summed E-state index contributed by atoms with van der Waals surface area (Å²) in [6, 6.07) is 9.00. The van der Waals surface area contributed by atoms with Crippen LogP contribution in [0.4, 0.5) is 0 Å². The highest BCUT2D eigenvalue weighted by molar-refractivity contribution is 6.33. The summed E-state index contributed by atoms with van der Waals surface area (Å²) >= 11 is 6.29. The van der Waals surface area contributed by atoms with Crippen molar-refractivity contribution >= 4 is 11.6 Å². The second kappa shape index (κ2) is 3.84. The molecule has 3 nitrogen and oxygen atoms in total. The van der Waals surface area contributed by atoms with Crippen molar-refractivity contribution in [2.45, 2.75) is 31.3 Å². The van der Waals surface area contributed by atoms with Crippen LogP contribution in [0.5, 0.6) is 0 Å². The molecule has 2 aliphatic rings. The maximum atomic E-state index is 6.29. The molecule has 18 heavy (non-hydrogen) atoms. The maximum absolute atomic E-state index is 6.29. The van der Waals surface area contributed by atoms with E-state index in [1.165, 1.54) is 24.1 Å². The van der Waals surface area contributed by atoms with Crippen LogP contribution in [-0.4, -0.2) is 16.2 Å². The van der Waals surface area contributed by atoms with E-state index in [0.29, 0.717) is 12.1 Å². The molecule has 3 heterocycles. The van der Waals surface area contributed by atoms with Gasteiger partial charge in [-0.25, -0.2) is 0 Å². The summed E-state index contributed by atoms with van der Waals surface area (Å²) < 4.78 is 0. The lowest BCUT2D eigenvalue weighted by molar-refractivity contribution is 0.511. The van der Waals surface area contributed by atoms with Crippen LogP contribution in [0, 0.1) is 0 Å². The summed E-state index contributed by atoms with van der Waals surface area (Å²) in [5.74, 6) is 0. The number of nitrogens with one attached hydrogen (secondary N) is 2. The summed E-state index contributed by atoms with van der Waals surface area (Å²) in [5, 5.41) is 12.1. The van der Waals surface area contributed by atoms with Gasteiger partial charge in [0.25, 0.3) is 0 Å². The van der Waals surface area contributed by atoms with Crippen molar-refractivity contribution in [2.75, 3.05) is 0 Å². The lowest BCUT2D eigenvalue weighted by Gasteiger charge is -2.21. The lowest BCUT2D eigenvalue weighted by Crippen LogP contribution is -2.31. The molecular formula is C14H14ClN3. The molecule has 4 rings (SSSR count). The molecule has 1 aromatic heterocycles. The van der Waals surface area contributed by atoms with Crippen molar-refractivity contribution in [3.8, 4) is 11.3 Å². The fraction of sp³-hybridized carbons (Fsp3) is 0.357. The molecule has 0 aliphatic carbocycles. The molecule has 1 aromatic carbocycles. The van der Waals surface area contributed by atoms with Gasteiger partial charge in [-0.15, -0.1) is 0 Å². The fourth-order valence-corrected chi connectivity index (χ4v) is 3.46. The molecule has 1 saturated heterocycles. The zero-order valence-electron chi connectivity index (χ0n) is 9.91. The van der Waals surface area contributed by atoms with Crippen LogP contribution in [-0.2, 0) is 6.42 Å². The Morgan fingerprint density at radius 2 is 2.11 bits per heavy atom. The van der Waals surface area contributed by atoms with Crippen molar-refractivity contribution in [3.05, 3.63) is 40.5 Å². The van der Waals surface area contributed by atoms with E-state index in [1.54, 1.807) is 0 Å². The molecule has 4 heteroatoms. The van der Waals surface area contributed by atoms with Gasteiger partial charge >= 0.3 is 0 Å². The lowest BCUT2D eigenvalue weighted by atomic mass is 9.96. The molecule has 0 unspecified atom stereocenters. The van der Waals surface area contributed by atoms with E-state index in [0.717, 1.165) is 22.7 Å². The number of halogens is 1. The van der Waals surface area contributed by atoms with Crippen LogP contribution in [0.3, 0.4) is 0 Å². The summed E-state index contributed by atoms with van der Waals surface area (Å²) in [6.07, 6.45) is 3.52. The Balaban J connectivity index is 1.89. The molecule has 0 radical (unpaired) electrons. The Kier molecular flexibility index (Phi) is 2.26. The zero-order valence-corrected chi connectivity index (χ0v) is 10.7. The first-order valence-corrected chi connectivity index (χ1v) is 6.79. The standard InChI is InChI=1S/C14H14ClN3/c15-10-4-2-1-3-9(10)14-13-11-6-5-8(16-11)7-12(13)17-18-14/h1-4,8,11,16H,5-7H2,(H,17,18)/t8-,11-/m1/s1. The summed E-state index contributed by atoms with van der Waals surface area (Å²) in [5.41, 5.74) is 4.67. The van der Waals surface area contributed by atoms with E-state index in [4.69, 9.17) is 11.6 Å². The van der Waals surface area contributed by atoms with Crippen LogP contribution >= 0.6 is 11.6 Å². The van der Waals surface area contributed by atoms with Crippen LogP contribution < -0.4 is 5.32 Å². The van der Waals surface area contributed by atoms with E-state index >= 15 is 0 Å². The highest BCUT2D eigenvalue weighted by atomic mass is 35.5. The first-order valence-electron chi connectivity index (χ1n) is 6.41. The van der Waals surface area contributed by atoms with Gasteiger partial charge in [0.15, 0.2) is 0 Å². The summed E-state index contributed by atoms with van der Waals surface area (Å²) in [7, 11) is 0. The van der Waals surface area contributed by atoms with Gasteiger partial charge in [0.1, 0.15) is 0 Å². The quantitative estimate of drug-likeness (QED) is 0.826. The number of aromatic amines is 1. The molecular weight excluding hydrogens is 246 g/mol. The minimum absolute atomic E-state index is 0.448. The second-order valence-electron chi connectivity index (χ2n) is 5.14. The van der Waals surface area contributed by atoms with Gasteiger partial charge in [-0.05, 0) is 18.9 Å². The number of rotatable bonds is 1. The molecule has 2 atom stereocenters. The van der Waals surface area contributed by atoms with Crippen molar-refractivity contribution in [2.24, 2.45) is 0 Å². The molecule has 1 fully saturated rings. The molecule has 2 bridgehead atoms. The predicted molar refractivity (Wildman–Crippen MR) is 71.6 cm³/mol. The van der Waals surface area contributed by atoms with E-state index in [9.17, 15) is 0 Å². The molecule has 2 N–H and O–H groups in total. The Morgan fingerprint density at radius 3 is 3.00 bits per heavy atom. The number of nitrogens with zero attached hydrogens (tertiary/aromatic N) is 1. The van der Waals surface area contributed by atoms with Crippen molar-refractivity contribution in [3.63, 3.8) is 0 Å². The third-order valence-electron chi connectivity index (χ3n) is 4.05. The van der Waals surface area contributed by atoms with Gasteiger partial charge in [0, 0.05) is 35.3 Å². The number of fused-ring (bicyclic) bond motifs is 4. The third-order valence-corrected chi connectivity index (χ3v) is 4.38. The van der Waals surface area contributed by atoms with Gasteiger partial charge in [-0.2, -0.15) is 5.10 Å². The van der Waals surface area contributed by atoms with E-state index in [2.05, 4.69) is 15.5 Å². The van der Waals surface area contributed by atoms with Crippen molar-refractivity contribution in [1.82, 2.24) is 15.5 Å². The van der Waals surface area contributed by atoms with Crippen LogP contribution in [0.25, 0.3) is 11.3 Å². The minimum Gasteiger partial charge on any atom is -0.307 e. The van der Waals surface area contributed by atoms with Crippen LogP contribution in [0.2, 0.25) is 5.02 Å². The maximum Gasteiger partial charge on any atom is 0.0986 e. The minimum atomic E-state index is 0.448. The third kappa shape index (κ3) is 1.44. The molecule has 2 aromatic rings. The Bertz CT molecular complexity index is 605. The van der Waals surface area contributed by atoms with E-state index in [1.807, 2.05) is 24.3 Å². The summed E-state index contributed by atoms with van der Waals surface area (Å²) in [6.45, 7) is 0. The average molecular weight is 260 g/mol. The SMILES string of the molecule is Clc1ccccc1-c1n[nH]c2c1[C@H]1CC[C@H](C2)N1. The average Bonchev–Trinajstić information content (AvgIpc) is 2.96. The van der Waals surface area contributed by atoms with E-state index < -0.39 is 0 Å². The van der Waals surface area contributed by atoms with Gasteiger partial charge in [-0.1, -0.05) is 29.8 Å². The Hall–Kier alpha value is -1.32. The molecule has 92 valence electrons. The fourth-order valence-electron chi connectivity index (χ4n) is 3.23. The van der Waals surface area contributed by atoms with Crippen molar-refractivity contribution in [1.29, 1.82) is 0 Å². The molecule has 0 amide bonds. The number of hydrogen-bond donors (Lipinski definition) is 2. The number of benzene rings is 1. The van der Waals surface area contributed by atoms with Crippen molar-refractivity contribution < 1.29 is 0 Å². The first kappa shape index (κ1) is 10.6. The molecule has 0 saturated carbocycles. The molecule has 0 spiro atoms. The normalized spacial score (nSPS) is 25.2. The Labute approximate surface area is 111 Å². The number of hydrogen-bond acceptors (Lipinski definition) is 2. The van der Waals surface area contributed by atoms with Gasteiger partial charge < -0.3 is 5.32 Å². The van der Waals surface area contributed by atoms with Gasteiger partial charge in [0.2, 0.25) is 0 Å². The first-order chi connectivity index (χ1) is 8.83. The highest BCUT2D eigenvalue weighted by Crippen LogP contribution is 2.41. The predicted octanol–water partition coefficient (Wildman–Crippen LogP) is 3.08. The number of aromatic nitrogens is 2. The highest BCUT2D eigenvalue weighted by Gasteiger charge is 2.36. The Morgan fingerprint density at radius 1 is 1.22 bits per heavy atom. The topological polar surface area (TPSA) is 40.7 Å². The number of H-pyrrole nitrogens is 1. The van der Waals surface area contributed by atoms with Crippen LogP contribution in [0.15, 0.2) is 24.3 Å². The van der Waals surface area contributed by atoms with E-state index in [-0.39, 0.29) is 0 Å². The molecule has 2 aliphatic heterocycles. The summed E-state index contributed by atoms with van der Waals surface area (Å²) in [4.78, 5) is 0. The van der Waals surface area contributed by atoms with Crippen LogP contribution in [0.1, 0.15) is 30.1 Å². The van der Waals surface area contributed by atoms with Gasteiger partial charge in [-0.3, -0.25) is 5.10 Å². The second-order valence-corrected chi connectivity index (χ2v) is 5.55. The largest absolute Gasteiger partial charge is 0.307 e. The van der Waals surface area contributed by atoms with Gasteiger partial charge in [0.05, 0.1) is 10.7 Å². The smallest absolute Gasteiger partial charge is 0.0986 e.